The van der Waals surface area contributed by atoms with Gasteiger partial charge in [0.15, 0.2) is 11.9 Å². The molecule has 16 nitrogen and oxygen atoms in total. The van der Waals surface area contributed by atoms with E-state index in [4.69, 9.17) is 33.8 Å². The molecule has 1 aliphatic rings. The number of carbonyl (C=O) groups excluding carboxylic acids is 3. The summed E-state index contributed by atoms with van der Waals surface area (Å²) < 4.78 is 0. The lowest BCUT2D eigenvalue weighted by Gasteiger charge is -2.29. The number of likely N-dealkylation sites (tertiary alicyclic amines) is 1. The molecule has 0 aromatic carbocycles. The number of nitrogens with two attached hydrogens (primary N) is 5. The zero-order valence-corrected chi connectivity index (χ0v) is 20.1. The highest BCUT2D eigenvalue weighted by molar-refractivity contribution is 5.94. The Kier molecular flexibility index (Phi) is 13.0. The molecule has 4 atom stereocenters. The minimum atomic E-state index is -1.50. The summed E-state index contributed by atoms with van der Waals surface area (Å²) in [7, 11) is 0. The van der Waals surface area contributed by atoms with E-state index < -0.39 is 54.5 Å². The lowest BCUT2D eigenvalue weighted by molar-refractivity contribution is -0.145. The van der Waals surface area contributed by atoms with Crippen LogP contribution in [0.25, 0.3) is 0 Å². The number of hydrogen-bond acceptors (Lipinski definition) is 8. The van der Waals surface area contributed by atoms with Crippen molar-refractivity contribution in [3.05, 3.63) is 0 Å². The zero-order valence-electron chi connectivity index (χ0n) is 20.1. The Bertz CT molecular complexity index is 828. The van der Waals surface area contributed by atoms with E-state index in [1.807, 2.05) is 0 Å². The van der Waals surface area contributed by atoms with Crippen LogP contribution < -0.4 is 39.3 Å². The monoisotopic (exact) mass is 514 g/mol. The van der Waals surface area contributed by atoms with Crippen molar-refractivity contribution in [1.29, 1.82) is 0 Å². The van der Waals surface area contributed by atoms with Gasteiger partial charge in [-0.25, -0.2) is 4.79 Å². The number of amides is 3. The molecule has 0 aromatic heterocycles. The fraction of sp³-hybridized carbons (Fsp3) is 0.700. The first-order valence-electron chi connectivity index (χ1n) is 11.6. The maximum absolute atomic E-state index is 13.4. The normalized spacial score (nSPS) is 17.4. The predicted octanol–water partition coefficient (Wildman–Crippen LogP) is -4.54. The number of guanidine groups is 2. The number of hydrogen-bond donors (Lipinski definition) is 9. The number of rotatable bonds is 15. The summed E-state index contributed by atoms with van der Waals surface area (Å²) in [5.74, 6) is -3.37. The predicted molar refractivity (Wildman–Crippen MR) is 131 cm³/mol. The molecule has 1 rings (SSSR count). The highest BCUT2D eigenvalue weighted by Crippen LogP contribution is 2.20. The summed E-state index contributed by atoms with van der Waals surface area (Å²) in [6, 6.07) is -4.39. The number of aliphatic hydroxyl groups is 1. The minimum absolute atomic E-state index is 0.0719. The number of aliphatic carboxylic acids is 1. The van der Waals surface area contributed by atoms with Crippen molar-refractivity contribution in [1.82, 2.24) is 15.5 Å². The van der Waals surface area contributed by atoms with Crippen molar-refractivity contribution in [3.8, 4) is 0 Å². The van der Waals surface area contributed by atoms with Gasteiger partial charge in [-0.2, -0.15) is 0 Å². The Labute approximate surface area is 208 Å². The first kappa shape index (κ1) is 30.4. The largest absolute Gasteiger partial charge is 0.480 e. The van der Waals surface area contributed by atoms with E-state index in [0.717, 1.165) is 0 Å². The molecular weight excluding hydrogens is 476 g/mol. The maximum atomic E-state index is 13.4. The van der Waals surface area contributed by atoms with Crippen molar-refractivity contribution in [2.24, 2.45) is 38.7 Å². The average molecular weight is 515 g/mol. The standard InChI is InChI=1S/C20H38N10O6/c21-11(4-1-7-26-19(22)23)15(32)28-12(5-2-8-27-20(24)25)17(34)30-9-3-6-14(30)16(33)29-13(10-31)18(35)36/h11-14,31H,1-10,21H2,(H,28,32)(H,29,33)(H,35,36)(H4,22,23,26)(H4,24,25,27). The van der Waals surface area contributed by atoms with Gasteiger partial charge in [0.1, 0.15) is 18.1 Å². The molecule has 1 heterocycles. The molecule has 16 heteroatoms. The first-order valence-corrected chi connectivity index (χ1v) is 11.6. The number of carboxylic acid groups (broad SMARTS) is 1. The van der Waals surface area contributed by atoms with Gasteiger partial charge in [-0.15, -0.1) is 0 Å². The molecule has 1 aliphatic heterocycles. The van der Waals surface area contributed by atoms with E-state index in [2.05, 4.69) is 20.6 Å². The van der Waals surface area contributed by atoms with Crippen LogP contribution in [0.2, 0.25) is 0 Å². The van der Waals surface area contributed by atoms with Crippen molar-refractivity contribution in [3.63, 3.8) is 0 Å². The third-order valence-electron chi connectivity index (χ3n) is 5.50. The molecule has 0 saturated carbocycles. The average Bonchev–Trinajstić information content (AvgIpc) is 3.30. The molecule has 1 fully saturated rings. The molecular formula is C20H38N10O6. The smallest absolute Gasteiger partial charge is 0.328 e. The number of carbonyl (C=O) groups is 4. The summed E-state index contributed by atoms with van der Waals surface area (Å²) in [5.41, 5.74) is 27.1. The van der Waals surface area contributed by atoms with Crippen LogP contribution in [0.4, 0.5) is 0 Å². The molecule has 0 bridgehead atoms. The lowest BCUT2D eigenvalue weighted by Crippen LogP contribution is -2.57. The van der Waals surface area contributed by atoms with Crippen molar-refractivity contribution in [2.45, 2.75) is 62.7 Å². The summed E-state index contributed by atoms with van der Waals surface area (Å²) in [6.07, 6.45) is 2.03. The Morgan fingerprint density at radius 2 is 1.53 bits per heavy atom. The van der Waals surface area contributed by atoms with Gasteiger partial charge < -0.3 is 54.4 Å². The minimum Gasteiger partial charge on any atom is -0.480 e. The molecule has 204 valence electrons. The maximum Gasteiger partial charge on any atom is 0.328 e. The van der Waals surface area contributed by atoms with Gasteiger partial charge in [-0.05, 0) is 38.5 Å². The van der Waals surface area contributed by atoms with Gasteiger partial charge in [0, 0.05) is 19.6 Å². The van der Waals surface area contributed by atoms with Crippen LogP contribution in [0.3, 0.4) is 0 Å². The van der Waals surface area contributed by atoms with Crippen LogP contribution >= 0.6 is 0 Å². The zero-order chi connectivity index (χ0) is 27.3. The summed E-state index contributed by atoms with van der Waals surface area (Å²) in [4.78, 5) is 58.8. The molecule has 3 amide bonds. The van der Waals surface area contributed by atoms with Crippen LogP contribution in [0.5, 0.6) is 0 Å². The van der Waals surface area contributed by atoms with Crippen LogP contribution in [0.15, 0.2) is 9.98 Å². The van der Waals surface area contributed by atoms with Crippen molar-refractivity contribution in [2.75, 3.05) is 26.2 Å². The molecule has 36 heavy (non-hydrogen) atoms. The van der Waals surface area contributed by atoms with E-state index >= 15 is 0 Å². The highest BCUT2D eigenvalue weighted by Gasteiger charge is 2.38. The third kappa shape index (κ3) is 10.3. The van der Waals surface area contributed by atoms with Crippen molar-refractivity contribution >= 4 is 35.6 Å². The second-order valence-electron chi connectivity index (χ2n) is 8.34. The fourth-order valence-electron chi connectivity index (χ4n) is 3.65. The van der Waals surface area contributed by atoms with Crippen molar-refractivity contribution < 1.29 is 29.4 Å². The number of aliphatic imine (C=N–C) groups is 2. The summed E-state index contributed by atoms with van der Waals surface area (Å²) >= 11 is 0. The summed E-state index contributed by atoms with van der Waals surface area (Å²) in [5, 5.41) is 23.1. The quantitative estimate of drug-likeness (QED) is 0.0569. The van der Waals surface area contributed by atoms with E-state index in [1.54, 1.807) is 0 Å². The van der Waals surface area contributed by atoms with Gasteiger partial charge in [0.25, 0.3) is 0 Å². The number of nitrogens with zero attached hydrogens (tertiary/aromatic N) is 3. The SMILES string of the molecule is NC(N)=NCCCC(N)C(=O)NC(CCCN=C(N)N)C(=O)N1CCCC1C(=O)NC(CO)C(=O)O. The van der Waals surface area contributed by atoms with Gasteiger partial charge in [0.2, 0.25) is 17.7 Å². The molecule has 0 spiro atoms. The molecule has 0 aliphatic carbocycles. The van der Waals surface area contributed by atoms with Gasteiger partial charge in [0.05, 0.1) is 12.6 Å². The van der Waals surface area contributed by atoms with Crippen LogP contribution in [0.1, 0.15) is 38.5 Å². The van der Waals surface area contributed by atoms with E-state index in [9.17, 15) is 24.3 Å². The molecule has 0 aromatic rings. The van der Waals surface area contributed by atoms with Crippen LogP contribution in [-0.2, 0) is 19.2 Å². The Balaban J connectivity index is 2.91. The lowest BCUT2D eigenvalue weighted by atomic mass is 10.1. The highest BCUT2D eigenvalue weighted by atomic mass is 16.4. The topological polar surface area (TPSA) is 291 Å². The Hall–Kier alpha value is -3.66. The molecule has 14 N–H and O–H groups in total. The molecule has 0 radical (unpaired) electrons. The Morgan fingerprint density at radius 3 is 2.06 bits per heavy atom. The molecule has 4 unspecified atom stereocenters. The van der Waals surface area contributed by atoms with Crippen LogP contribution in [0, 0.1) is 0 Å². The number of nitrogens with one attached hydrogen (secondary N) is 2. The Morgan fingerprint density at radius 1 is 0.944 bits per heavy atom. The van der Waals surface area contributed by atoms with Gasteiger partial charge in [-0.3, -0.25) is 24.4 Å². The first-order chi connectivity index (χ1) is 17.0. The molecule has 1 saturated heterocycles. The number of aliphatic hydroxyl groups excluding tert-OH is 1. The fourth-order valence-corrected chi connectivity index (χ4v) is 3.65. The van der Waals surface area contributed by atoms with E-state index in [0.29, 0.717) is 32.2 Å². The van der Waals surface area contributed by atoms with Gasteiger partial charge in [-0.1, -0.05) is 0 Å². The second-order valence-corrected chi connectivity index (χ2v) is 8.34. The summed E-state index contributed by atoms with van der Waals surface area (Å²) in [6.45, 7) is -0.0574. The third-order valence-corrected chi connectivity index (χ3v) is 5.50. The van der Waals surface area contributed by atoms with Crippen LogP contribution in [-0.4, -0.2) is 101 Å². The van der Waals surface area contributed by atoms with E-state index in [1.165, 1.54) is 4.90 Å². The van der Waals surface area contributed by atoms with Gasteiger partial charge >= 0.3 is 5.97 Å². The number of carboxylic acids is 1. The second kappa shape index (κ2) is 15.4. The van der Waals surface area contributed by atoms with E-state index in [-0.39, 0.29) is 37.9 Å².